The Hall–Kier alpha value is -1.49. The van der Waals surface area contributed by atoms with E-state index >= 15 is 0 Å². The van der Waals surface area contributed by atoms with Crippen LogP contribution in [0.5, 0.6) is 0 Å². The number of nitrogens with one attached hydrogen (secondary N) is 3. The monoisotopic (exact) mass is 557 g/mol. The number of hydrogen-bond acceptors (Lipinski definition) is 8. The summed E-state index contributed by atoms with van der Waals surface area (Å²) in [5, 5.41) is 14.7. The molecule has 3 saturated heterocycles. The molecule has 4 rings (SSSR count). The average Bonchev–Trinajstić information content (AvgIpc) is 3.30. The number of rotatable bonds is 8. The van der Waals surface area contributed by atoms with Gasteiger partial charge in [-0.25, -0.2) is 13.1 Å². The van der Waals surface area contributed by atoms with Gasteiger partial charge in [0.1, 0.15) is 18.1 Å². The second kappa shape index (κ2) is 10.3. The highest BCUT2D eigenvalue weighted by Gasteiger charge is 2.54. The van der Waals surface area contributed by atoms with E-state index in [-0.39, 0.29) is 22.3 Å². The van der Waals surface area contributed by atoms with Gasteiger partial charge in [0.2, 0.25) is 27.7 Å². The van der Waals surface area contributed by atoms with Gasteiger partial charge in [0, 0.05) is 36.9 Å². The summed E-state index contributed by atoms with van der Waals surface area (Å²) in [7, 11) is -3.64. The van der Waals surface area contributed by atoms with Gasteiger partial charge in [0.15, 0.2) is 0 Å². The minimum absolute atomic E-state index is 0.115. The predicted molar refractivity (Wildman–Crippen MR) is 139 cm³/mol. The van der Waals surface area contributed by atoms with Gasteiger partial charge in [-0.15, -0.1) is 23.5 Å². The third-order valence-electron chi connectivity index (χ3n) is 7.20. The number of nitrogens with zero attached hydrogens (tertiary/aromatic N) is 2. The highest BCUT2D eigenvalue weighted by atomic mass is 32.2. The van der Waals surface area contributed by atoms with Crippen molar-refractivity contribution >= 4 is 51.3 Å². The van der Waals surface area contributed by atoms with Gasteiger partial charge in [-0.2, -0.15) is 5.26 Å². The minimum Gasteiger partial charge on any atom is -0.356 e. The maximum absolute atomic E-state index is 13.9. The highest BCUT2D eigenvalue weighted by molar-refractivity contribution is 8.21. The summed E-state index contributed by atoms with van der Waals surface area (Å²) < 4.78 is 27.9. The van der Waals surface area contributed by atoms with Crippen molar-refractivity contribution in [3.63, 3.8) is 0 Å². The van der Waals surface area contributed by atoms with Crippen LogP contribution in [0.15, 0.2) is 0 Å². The molecule has 4 fully saturated rings. The van der Waals surface area contributed by atoms with Gasteiger partial charge < -0.3 is 15.5 Å². The van der Waals surface area contributed by atoms with Crippen molar-refractivity contribution in [2.24, 2.45) is 11.3 Å². The van der Waals surface area contributed by atoms with Gasteiger partial charge in [-0.1, -0.05) is 20.8 Å². The molecular weight excluding hydrogens is 522 g/mol. The van der Waals surface area contributed by atoms with Crippen molar-refractivity contribution in [3.8, 4) is 6.07 Å². The lowest BCUT2D eigenvalue weighted by atomic mass is 9.86. The van der Waals surface area contributed by atoms with Crippen molar-refractivity contribution in [1.29, 1.82) is 5.26 Å². The smallest absolute Gasteiger partial charge is 0.243 e. The lowest BCUT2D eigenvalue weighted by Crippen LogP contribution is -2.58. The number of thioether (sulfide) groups is 2. The fourth-order valence-corrected chi connectivity index (χ4v) is 9.97. The molecule has 0 aromatic heterocycles. The largest absolute Gasteiger partial charge is 0.356 e. The Morgan fingerprint density at radius 1 is 1.25 bits per heavy atom. The van der Waals surface area contributed by atoms with E-state index in [1.165, 1.54) is 4.90 Å². The average molecular weight is 558 g/mol. The van der Waals surface area contributed by atoms with E-state index in [0.717, 1.165) is 11.5 Å². The van der Waals surface area contributed by atoms with Crippen molar-refractivity contribution in [1.82, 2.24) is 20.3 Å². The van der Waals surface area contributed by atoms with Crippen LogP contribution >= 0.6 is 23.5 Å². The number of likely N-dealkylation sites (tertiary alicyclic amines) is 1. The summed E-state index contributed by atoms with van der Waals surface area (Å²) in [5.41, 5.74) is -0.711. The van der Waals surface area contributed by atoms with E-state index in [4.69, 9.17) is 0 Å². The molecule has 1 spiro atoms. The quantitative estimate of drug-likeness (QED) is 0.397. The summed E-state index contributed by atoms with van der Waals surface area (Å²) in [6, 6.07) is -0.598. The first-order valence-corrected chi connectivity index (χ1v) is 15.9. The Morgan fingerprint density at radius 2 is 1.92 bits per heavy atom. The molecule has 10 nitrogen and oxygen atoms in total. The van der Waals surface area contributed by atoms with Crippen LogP contribution in [0.1, 0.15) is 52.9 Å². The summed E-state index contributed by atoms with van der Waals surface area (Å²) in [6.45, 7) is 6.32. The fraction of sp³-hybridized carbons (Fsp3) is 0.826. The van der Waals surface area contributed by atoms with Crippen molar-refractivity contribution in [2.75, 3.05) is 24.6 Å². The zero-order valence-electron chi connectivity index (χ0n) is 20.9. The van der Waals surface area contributed by atoms with Crippen LogP contribution in [0.3, 0.4) is 0 Å². The zero-order chi connectivity index (χ0) is 26.3. The second-order valence-electron chi connectivity index (χ2n) is 11.2. The van der Waals surface area contributed by atoms with E-state index in [1.54, 1.807) is 23.5 Å². The molecule has 3 aliphatic heterocycles. The molecule has 3 N–H and O–H groups in total. The van der Waals surface area contributed by atoms with E-state index in [9.17, 15) is 28.1 Å². The normalized spacial score (nSPS) is 27.5. The number of nitriles is 1. The Balaban J connectivity index is 1.54. The first kappa shape index (κ1) is 27.5. The molecule has 13 heteroatoms. The van der Waals surface area contributed by atoms with Crippen molar-refractivity contribution in [2.45, 2.75) is 80.3 Å². The number of amides is 3. The van der Waals surface area contributed by atoms with E-state index in [1.807, 2.05) is 20.8 Å². The summed E-state index contributed by atoms with van der Waals surface area (Å²) in [5.74, 6) is 0.531. The van der Waals surface area contributed by atoms with Crippen LogP contribution in [-0.4, -0.2) is 83.1 Å². The summed E-state index contributed by atoms with van der Waals surface area (Å²) >= 11 is 3.45. The van der Waals surface area contributed by atoms with Crippen molar-refractivity contribution in [3.05, 3.63) is 0 Å². The molecule has 1 saturated carbocycles. The van der Waals surface area contributed by atoms with Crippen LogP contribution in [0.25, 0.3) is 0 Å². The third-order valence-corrected chi connectivity index (χ3v) is 12.5. The van der Waals surface area contributed by atoms with Crippen molar-refractivity contribution < 1.29 is 22.8 Å². The van der Waals surface area contributed by atoms with Gasteiger partial charge in [-0.05, 0) is 31.1 Å². The summed E-state index contributed by atoms with van der Waals surface area (Å²) in [6.07, 6.45) is 2.43. The minimum atomic E-state index is -3.64. The van der Waals surface area contributed by atoms with Gasteiger partial charge >= 0.3 is 0 Å². The lowest BCUT2D eigenvalue weighted by Gasteiger charge is -2.35. The SMILES string of the molecule is CC(C)(C)[C@H](NS(=O)(=O)C1CC1)C(=O)N1CC2(C[C@H]1C(=O)N[C@H](C#N)C[C@@H]1CCNC1=O)SCCS2. The molecule has 4 atom stereocenters. The summed E-state index contributed by atoms with van der Waals surface area (Å²) in [4.78, 5) is 40.9. The topological polar surface area (TPSA) is 148 Å². The molecule has 0 aromatic rings. The van der Waals surface area contributed by atoms with Gasteiger partial charge in [0.05, 0.1) is 15.4 Å². The first-order valence-electron chi connectivity index (χ1n) is 12.4. The molecule has 0 radical (unpaired) electrons. The maximum Gasteiger partial charge on any atom is 0.243 e. The van der Waals surface area contributed by atoms with E-state index in [2.05, 4.69) is 21.4 Å². The molecule has 0 bridgehead atoms. The Kier molecular flexibility index (Phi) is 7.91. The molecule has 3 heterocycles. The molecule has 1 aliphatic carbocycles. The lowest BCUT2D eigenvalue weighted by molar-refractivity contribution is -0.141. The molecule has 3 amide bonds. The molecule has 0 unspecified atom stereocenters. The third kappa shape index (κ3) is 5.97. The van der Waals surface area contributed by atoms with Crippen LogP contribution in [0.2, 0.25) is 0 Å². The second-order valence-corrected chi connectivity index (χ2v) is 16.4. The number of hydrogen-bond donors (Lipinski definition) is 3. The van der Waals surface area contributed by atoms with Gasteiger partial charge in [0.25, 0.3) is 0 Å². The van der Waals surface area contributed by atoms with Crippen LogP contribution < -0.4 is 15.4 Å². The Bertz CT molecular complexity index is 1040. The zero-order valence-corrected chi connectivity index (χ0v) is 23.4. The van der Waals surface area contributed by atoms with Gasteiger partial charge in [-0.3, -0.25) is 14.4 Å². The van der Waals surface area contributed by atoms with E-state index in [0.29, 0.717) is 38.8 Å². The standard InChI is InChI=1S/C23H35N5O5S3/c1-22(2,3)18(27-36(32,33)16-4-5-16)21(31)28-13-23(34-8-9-35-23)11-17(28)20(30)26-15(12-24)10-14-6-7-25-19(14)29/h14-18,27H,4-11,13H2,1-3H3,(H,25,29)(H,26,30)/t14-,15-,17-,18+/m0/s1. The maximum atomic E-state index is 13.9. The fourth-order valence-electron chi connectivity index (χ4n) is 4.98. The van der Waals surface area contributed by atoms with E-state index < -0.39 is 50.6 Å². The first-order chi connectivity index (χ1) is 16.8. The number of carbonyl (C=O) groups excluding carboxylic acids is 3. The van der Waals surface area contributed by atoms with Crippen LogP contribution in [0.4, 0.5) is 0 Å². The highest BCUT2D eigenvalue weighted by Crippen LogP contribution is 2.52. The molecule has 200 valence electrons. The molecule has 4 aliphatic rings. The Morgan fingerprint density at radius 3 is 2.44 bits per heavy atom. The number of sulfonamides is 1. The van der Waals surface area contributed by atoms with Crippen LogP contribution in [0, 0.1) is 22.7 Å². The van der Waals surface area contributed by atoms with Crippen LogP contribution in [-0.2, 0) is 24.4 Å². The molecule has 36 heavy (non-hydrogen) atoms. The number of carbonyl (C=O) groups is 3. The predicted octanol–water partition coefficient (Wildman–Crippen LogP) is 0.795. The Labute approximate surface area is 221 Å². The molecular formula is C23H35N5O5S3. The molecule has 0 aromatic carbocycles.